The van der Waals surface area contributed by atoms with Crippen molar-refractivity contribution in [3.8, 4) is 0 Å². The second kappa shape index (κ2) is 6.02. The number of rotatable bonds is 5. The molecule has 1 aliphatic rings. The normalized spacial score (nSPS) is 23.3. The van der Waals surface area contributed by atoms with Gasteiger partial charge in [-0.2, -0.15) is 0 Å². The molecule has 1 fully saturated rings. The van der Waals surface area contributed by atoms with Crippen LogP contribution >= 0.6 is 0 Å². The lowest BCUT2D eigenvalue weighted by Crippen LogP contribution is -2.48. The monoisotopic (exact) mass is 278 g/mol. The summed E-state index contributed by atoms with van der Waals surface area (Å²) in [6.07, 6.45) is 2.52. The van der Waals surface area contributed by atoms with Crippen molar-refractivity contribution in [1.29, 1.82) is 0 Å². The fourth-order valence-electron chi connectivity index (χ4n) is 2.40. The maximum absolute atomic E-state index is 11.8. The van der Waals surface area contributed by atoms with E-state index in [4.69, 9.17) is 4.74 Å². The molecule has 1 aliphatic heterocycles. The molecule has 0 aromatic heterocycles. The number of hydrogen-bond donors (Lipinski definition) is 1. The summed E-state index contributed by atoms with van der Waals surface area (Å²) in [6, 6.07) is 0. The smallest absolute Gasteiger partial charge is 0.311 e. The number of unbranched alkanes of at least 4 members (excludes halogenated alkanes) is 1. The van der Waals surface area contributed by atoms with Gasteiger partial charge < -0.3 is 9.84 Å². The molecule has 5 nitrogen and oxygen atoms in total. The second-order valence-electron chi connectivity index (χ2n) is 4.97. The average Bonchev–Trinajstić information content (AvgIpc) is 2.33. The molecule has 0 saturated carbocycles. The molecule has 0 aromatic rings. The number of ether oxygens (including phenoxy) is 1. The first-order chi connectivity index (χ1) is 8.34. The molecule has 0 aromatic carbocycles. The highest BCUT2D eigenvalue weighted by Crippen LogP contribution is 2.34. The van der Waals surface area contributed by atoms with Crippen LogP contribution in [-0.2, 0) is 19.4 Å². The summed E-state index contributed by atoms with van der Waals surface area (Å²) >= 11 is 0. The molecule has 0 bridgehead atoms. The van der Waals surface area contributed by atoms with E-state index in [2.05, 4.69) is 0 Å². The van der Waals surface area contributed by atoms with Crippen molar-refractivity contribution >= 4 is 15.8 Å². The van der Waals surface area contributed by atoms with Crippen molar-refractivity contribution in [1.82, 2.24) is 0 Å². The SMILES string of the molecule is CCCCC(C(=O)OC)C1(O)CCS(=O)(=O)CC1. The van der Waals surface area contributed by atoms with Gasteiger partial charge >= 0.3 is 5.97 Å². The minimum atomic E-state index is -3.05. The maximum atomic E-state index is 11.8. The summed E-state index contributed by atoms with van der Waals surface area (Å²) in [5.74, 6) is -1.16. The summed E-state index contributed by atoms with van der Waals surface area (Å²) in [5.41, 5.74) is -1.23. The highest BCUT2D eigenvalue weighted by atomic mass is 32.2. The van der Waals surface area contributed by atoms with E-state index in [0.29, 0.717) is 6.42 Å². The van der Waals surface area contributed by atoms with Crippen LogP contribution in [0.15, 0.2) is 0 Å². The number of esters is 1. The molecule has 1 atom stereocenters. The van der Waals surface area contributed by atoms with E-state index in [1.54, 1.807) is 0 Å². The summed E-state index contributed by atoms with van der Waals surface area (Å²) in [7, 11) is -1.76. The van der Waals surface area contributed by atoms with Gasteiger partial charge in [0.25, 0.3) is 0 Å². The first kappa shape index (κ1) is 15.4. The van der Waals surface area contributed by atoms with Crippen molar-refractivity contribution in [2.75, 3.05) is 18.6 Å². The van der Waals surface area contributed by atoms with Gasteiger partial charge in [-0.25, -0.2) is 8.42 Å². The topological polar surface area (TPSA) is 80.7 Å². The van der Waals surface area contributed by atoms with Crippen molar-refractivity contribution in [3.05, 3.63) is 0 Å². The Bertz CT molecular complexity index is 373. The Morgan fingerprint density at radius 2 is 1.94 bits per heavy atom. The molecular weight excluding hydrogens is 256 g/mol. The van der Waals surface area contributed by atoms with E-state index >= 15 is 0 Å². The number of hydrogen-bond acceptors (Lipinski definition) is 5. The Morgan fingerprint density at radius 1 is 1.39 bits per heavy atom. The molecule has 0 amide bonds. The number of sulfone groups is 1. The molecule has 6 heteroatoms. The summed E-state index contributed by atoms with van der Waals surface area (Å²) in [4.78, 5) is 11.8. The first-order valence-electron chi connectivity index (χ1n) is 6.35. The Kier molecular flexibility index (Phi) is 5.16. The predicted molar refractivity (Wildman–Crippen MR) is 67.9 cm³/mol. The van der Waals surface area contributed by atoms with Gasteiger partial charge in [-0.15, -0.1) is 0 Å². The lowest BCUT2D eigenvalue weighted by molar-refractivity contribution is -0.157. The Labute approximate surface area is 108 Å². The van der Waals surface area contributed by atoms with E-state index in [1.807, 2.05) is 6.92 Å². The van der Waals surface area contributed by atoms with Crippen LogP contribution in [0.1, 0.15) is 39.0 Å². The van der Waals surface area contributed by atoms with E-state index < -0.39 is 27.3 Å². The van der Waals surface area contributed by atoms with Crippen LogP contribution in [0.2, 0.25) is 0 Å². The zero-order valence-electron chi connectivity index (χ0n) is 11.0. The van der Waals surface area contributed by atoms with Gasteiger partial charge in [-0.1, -0.05) is 19.8 Å². The van der Waals surface area contributed by atoms with Crippen LogP contribution in [0.5, 0.6) is 0 Å². The Balaban J connectivity index is 2.81. The molecule has 1 N–H and O–H groups in total. The zero-order valence-corrected chi connectivity index (χ0v) is 11.8. The van der Waals surface area contributed by atoms with Crippen LogP contribution in [0, 0.1) is 5.92 Å². The number of aliphatic hydroxyl groups is 1. The van der Waals surface area contributed by atoms with Crippen molar-refractivity contribution in [3.63, 3.8) is 0 Å². The third kappa shape index (κ3) is 3.68. The first-order valence-corrected chi connectivity index (χ1v) is 8.17. The average molecular weight is 278 g/mol. The van der Waals surface area contributed by atoms with Gasteiger partial charge in [0.1, 0.15) is 0 Å². The maximum Gasteiger partial charge on any atom is 0.311 e. The highest BCUT2D eigenvalue weighted by Gasteiger charge is 2.45. The number of methoxy groups -OCH3 is 1. The van der Waals surface area contributed by atoms with Gasteiger partial charge in [0.05, 0.1) is 30.1 Å². The molecule has 1 unspecified atom stereocenters. The quantitative estimate of drug-likeness (QED) is 0.756. The molecule has 0 aliphatic carbocycles. The van der Waals surface area contributed by atoms with Crippen LogP contribution in [0.4, 0.5) is 0 Å². The van der Waals surface area contributed by atoms with Gasteiger partial charge in [-0.05, 0) is 19.3 Å². The van der Waals surface area contributed by atoms with Gasteiger partial charge in [-0.3, -0.25) is 4.79 Å². The van der Waals surface area contributed by atoms with Crippen molar-refractivity contribution in [2.45, 2.75) is 44.6 Å². The van der Waals surface area contributed by atoms with E-state index in [1.165, 1.54) is 7.11 Å². The Hall–Kier alpha value is -0.620. The predicted octanol–water partition coefficient (Wildman–Crippen LogP) is 0.905. The van der Waals surface area contributed by atoms with Crippen LogP contribution in [0.3, 0.4) is 0 Å². The van der Waals surface area contributed by atoms with Gasteiger partial charge in [0, 0.05) is 0 Å². The van der Waals surface area contributed by atoms with Crippen LogP contribution in [0.25, 0.3) is 0 Å². The number of carbonyl (C=O) groups is 1. The fraction of sp³-hybridized carbons (Fsp3) is 0.917. The summed E-state index contributed by atoms with van der Waals surface area (Å²) in [6.45, 7) is 2.00. The molecule has 1 rings (SSSR count). The highest BCUT2D eigenvalue weighted by molar-refractivity contribution is 7.91. The molecule has 18 heavy (non-hydrogen) atoms. The molecular formula is C12H22O5S. The zero-order chi connectivity index (χ0) is 13.8. The standard InChI is InChI=1S/C12H22O5S/c1-3-4-5-10(11(13)17-2)12(14)6-8-18(15,16)9-7-12/h10,14H,3-9H2,1-2H3. The molecule has 106 valence electrons. The van der Waals surface area contributed by atoms with Crippen molar-refractivity contribution in [2.24, 2.45) is 5.92 Å². The lowest BCUT2D eigenvalue weighted by Gasteiger charge is -2.37. The van der Waals surface area contributed by atoms with Crippen LogP contribution in [-0.4, -0.2) is 43.7 Å². The molecule has 1 heterocycles. The van der Waals surface area contributed by atoms with Crippen LogP contribution < -0.4 is 0 Å². The summed E-state index contributed by atoms with van der Waals surface area (Å²) < 4.78 is 27.5. The third-order valence-corrected chi connectivity index (χ3v) is 5.32. The molecule has 1 saturated heterocycles. The molecule has 0 spiro atoms. The van der Waals surface area contributed by atoms with Gasteiger partial charge in [0.15, 0.2) is 9.84 Å². The third-order valence-electron chi connectivity index (χ3n) is 3.67. The molecule has 0 radical (unpaired) electrons. The van der Waals surface area contributed by atoms with Gasteiger partial charge in [0.2, 0.25) is 0 Å². The fourth-order valence-corrected chi connectivity index (χ4v) is 3.93. The minimum absolute atomic E-state index is 0.0525. The largest absolute Gasteiger partial charge is 0.469 e. The number of carbonyl (C=O) groups excluding carboxylic acids is 1. The van der Waals surface area contributed by atoms with E-state index in [0.717, 1.165) is 12.8 Å². The van der Waals surface area contributed by atoms with E-state index in [-0.39, 0.29) is 24.3 Å². The minimum Gasteiger partial charge on any atom is -0.469 e. The Morgan fingerprint density at radius 3 is 2.39 bits per heavy atom. The lowest BCUT2D eigenvalue weighted by atomic mass is 9.79. The van der Waals surface area contributed by atoms with E-state index in [9.17, 15) is 18.3 Å². The van der Waals surface area contributed by atoms with Crippen molar-refractivity contribution < 1.29 is 23.1 Å². The summed E-state index contributed by atoms with van der Waals surface area (Å²) in [5, 5.41) is 10.5. The second-order valence-corrected chi connectivity index (χ2v) is 7.28.